The van der Waals surface area contributed by atoms with E-state index >= 15 is 0 Å². The van der Waals surface area contributed by atoms with Gasteiger partial charge >= 0.3 is 0 Å². The number of nitrogens with zero attached hydrogens (tertiary/aromatic N) is 2. The number of hydrogen-bond donors (Lipinski definition) is 1. The van der Waals surface area contributed by atoms with Gasteiger partial charge in [-0.25, -0.2) is 9.37 Å². The van der Waals surface area contributed by atoms with Crippen molar-refractivity contribution in [3.05, 3.63) is 27.3 Å². The monoisotopic (exact) mass is 395 g/mol. The molecule has 4 nitrogen and oxygen atoms in total. The summed E-state index contributed by atoms with van der Waals surface area (Å²) in [6.07, 6.45) is 0.533. The Bertz CT molecular complexity index is 629. The zero-order chi connectivity index (χ0) is 14.0. The maximum absolute atomic E-state index is 13.7. The van der Waals surface area contributed by atoms with E-state index in [-0.39, 0.29) is 18.3 Å². The molecule has 0 aliphatic carbocycles. The van der Waals surface area contributed by atoms with Crippen molar-refractivity contribution < 1.29 is 9.18 Å². The second-order valence-corrected chi connectivity index (χ2v) is 5.52. The Morgan fingerprint density at radius 3 is 2.95 bits per heavy atom. The molecule has 0 fully saturated rings. The smallest absolute Gasteiger partial charge is 0.239 e. The second kappa shape index (κ2) is 6.04. The van der Waals surface area contributed by atoms with Gasteiger partial charge in [0.2, 0.25) is 5.91 Å². The molecule has 0 bridgehead atoms. The predicted molar refractivity (Wildman–Crippen MR) is 80.9 cm³/mol. The normalized spacial score (nSPS) is 10.9. The van der Waals surface area contributed by atoms with Crippen molar-refractivity contribution in [1.29, 1.82) is 0 Å². The number of hydrogen-bond acceptors (Lipinski definition) is 2. The van der Waals surface area contributed by atoms with Crippen LogP contribution in [0.1, 0.15) is 5.82 Å². The highest BCUT2D eigenvalue weighted by Crippen LogP contribution is 2.22. The molecule has 0 aliphatic rings. The van der Waals surface area contributed by atoms with Crippen molar-refractivity contribution in [2.75, 3.05) is 12.9 Å². The highest BCUT2D eigenvalue weighted by Gasteiger charge is 2.15. The summed E-state index contributed by atoms with van der Waals surface area (Å²) < 4.78 is 15.9. The number of aryl methyl sites for hydroxylation is 1. The topological polar surface area (TPSA) is 46.9 Å². The Balaban J connectivity index is 2.58. The van der Waals surface area contributed by atoms with Gasteiger partial charge in [0.15, 0.2) is 0 Å². The third-order valence-electron chi connectivity index (χ3n) is 2.77. The molecule has 0 saturated carbocycles. The van der Waals surface area contributed by atoms with Crippen LogP contribution >= 0.6 is 34.2 Å². The zero-order valence-corrected chi connectivity index (χ0v) is 13.1. The number of likely N-dealkylation sites (N-methyl/N-ethyl adjacent to an activating group) is 1. The Morgan fingerprint density at radius 1 is 1.58 bits per heavy atom. The van der Waals surface area contributed by atoms with Gasteiger partial charge in [-0.15, -0.1) is 11.6 Å². The number of benzene rings is 1. The van der Waals surface area contributed by atoms with Crippen molar-refractivity contribution in [3.8, 4) is 0 Å². The largest absolute Gasteiger partial charge is 0.358 e. The van der Waals surface area contributed by atoms with Gasteiger partial charge in [0.1, 0.15) is 18.2 Å². The van der Waals surface area contributed by atoms with Crippen LogP contribution in [0, 0.1) is 9.39 Å². The summed E-state index contributed by atoms with van der Waals surface area (Å²) in [6, 6.07) is 3.08. The molecule has 2 rings (SSSR count). The molecular formula is C12H12ClFIN3O. The number of nitrogens with one attached hydrogen (secondary N) is 1. The molecule has 1 N–H and O–H groups in total. The number of aromatic nitrogens is 2. The number of alkyl halides is 1. The highest BCUT2D eigenvalue weighted by atomic mass is 127. The standard InChI is InChI=1S/C12H12ClFIN3O/c1-16-12(19)6-18-10-4-7(14)8(15)5-9(10)17-11(18)2-3-13/h4-5H,2-3,6H2,1H3,(H,16,19). The van der Waals surface area contributed by atoms with Crippen molar-refractivity contribution in [2.45, 2.75) is 13.0 Å². The van der Waals surface area contributed by atoms with Crippen LogP contribution in [0.3, 0.4) is 0 Å². The Morgan fingerprint density at radius 2 is 2.32 bits per heavy atom. The summed E-state index contributed by atoms with van der Waals surface area (Å²) in [7, 11) is 1.56. The lowest BCUT2D eigenvalue weighted by atomic mass is 10.3. The lowest BCUT2D eigenvalue weighted by Crippen LogP contribution is -2.24. The first kappa shape index (κ1) is 14.5. The number of imidazole rings is 1. The van der Waals surface area contributed by atoms with E-state index in [9.17, 15) is 9.18 Å². The van der Waals surface area contributed by atoms with E-state index in [0.29, 0.717) is 32.7 Å². The quantitative estimate of drug-likeness (QED) is 0.638. The summed E-state index contributed by atoms with van der Waals surface area (Å²) in [5.74, 6) is 0.615. The summed E-state index contributed by atoms with van der Waals surface area (Å²) in [6.45, 7) is 0.110. The van der Waals surface area contributed by atoms with E-state index in [4.69, 9.17) is 11.6 Å². The van der Waals surface area contributed by atoms with Gasteiger partial charge in [0, 0.05) is 25.4 Å². The number of rotatable bonds is 4. The zero-order valence-electron chi connectivity index (χ0n) is 10.2. The molecule has 102 valence electrons. The van der Waals surface area contributed by atoms with Gasteiger partial charge < -0.3 is 9.88 Å². The molecule has 0 aliphatic heterocycles. The lowest BCUT2D eigenvalue weighted by molar-refractivity contribution is -0.121. The Kier molecular flexibility index (Phi) is 4.62. The SMILES string of the molecule is CNC(=O)Cn1c(CCCl)nc2cc(I)c(F)cc21. The summed E-state index contributed by atoms with van der Waals surface area (Å²) in [5, 5.41) is 2.55. The molecule has 0 spiro atoms. The molecule has 1 aromatic heterocycles. The van der Waals surface area contributed by atoms with Crippen LogP contribution in [0.25, 0.3) is 11.0 Å². The van der Waals surface area contributed by atoms with Crippen LogP contribution in [0.5, 0.6) is 0 Å². The molecule has 2 aromatic rings. The summed E-state index contributed by atoms with van der Waals surface area (Å²) >= 11 is 7.66. The molecule has 7 heteroatoms. The van der Waals surface area contributed by atoms with E-state index in [1.165, 1.54) is 6.07 Å². The van der Waals surface area contributed by atoms with E-state index in [1.54, 1.807) is 17.7 Å². The molecule has 19 heavy (non-hydrogen) atoms. The summed E-state index contributed by atoms with van der Waals surface area (Å²) in [4.78, 5) is 16.0. The first-order valence-electron chi connectivity index (χ1n) is 5.67. The average molecular weight is 396 g/mol. The van der Waals surface area contributed by atoms with Gasteiger partial charge in [-0.2, -0.15) is 0 Å². The van der Waals surface area contributed by atoms with Gasteiger partial charge in [-0.05, 0) is 28.7 Å². The minimum atomic E-state index is -0.316. The highest BCUT2D eigenvalue weighted by molar-refractivity contribution is 14.1. The van der Waals surface area contributed by atoms with E-state index in [2.05, 4.69) is 10.3 Å². The first-order chi connectivity index (χ1) is 9.06. The molecule has 0 unspecified atom stereocenters. The molecule has 1 amide bonds. The van der Waals surface area contributed by atoms with Crippen molar-refractivity contribution >= 4 is 51.1 Å². The van der Waals surface area contributed by atoms with Gasteiger partial charge in [0.05, 0.1) is 14.6 Å². The number of fused-ring (bicyclic) bond motifs is 1. The number of amides is 1. The fourth-order valence-corrected chi connectivity index (χ4v) is 2.46. The maximum Gasteiger partial charge on any atom is 0.239 e. The third-order valence-corrected chi connectivity index (χ3v) is 3.78. The van der Waals surface area contributed by atoms with Gasteiger partial charge in [0.25, 0.3) is 0 Å². The molecule has 1 heterocycles. The van der Waals surface area contributed by atoms with Crippen LogP contribution in [0.4, 0.5) is 4.39 Å². The maximum atomic E-state index is 13.7. The van der Waals surface area contributed by atoms with Crippen LogP contribution in [0.2, 0.25) is 0 Å². The van der Waals surface area contributed by atoms with Crippen molar-refractivity contribution in [1.82, 2.24) is 14.9 Å². The van der Waals surface area contributed by atoms with E-state index < -0.39 is 0 Å². The van der Waals surface area contributed by atoms with Gasteiger partial charge in [-0.3, -0.25) is 4.79 Å². The van der Waals surface area contributed by atoms with Crippen molar-refractivity contribution in [3.63, 3.8) is 0 Å². The molecule has 0 atom stereocenters. The fraction of sp³-hybridized carbons (Fsp3) is 0.333. The Hall–Kier alpha value is -0.890. The molecule has 1 aromatic carbocycles. The minimum Gasteiger partial charge on any atom is -0.358 e. The average Bonchev–Trinajstić information content (AvgIpc) is 2.68. The minimum absolute atomic E-state index is 0.110. The number of carbonyl (C=O) groups is 1. The molecule has 0 radical (unpaired) electrons. The Labute approximate surface area is 128 Å². The molecule has 0 saturated heterocycles. The van der Waals surface area contributed by atoms with E-state index in [0.717, 1.165) is 0 Å². The first-order valence-corrected chi connectivity index (χ1v) is 7.29. The lowest BCUT2D eigenvalue weighted by Gasteiger charge is -2.07. The number of carbonyl (C=O) groups excluding carboxylic acids is 1. The van der Waals surface area contributed by atoms with Gasteiger partial charge in [-0.1, -0.05) is 0 Å². The van der Waals surface area contributed by atoms with Crippen LogP contribution in [0.15, 0.2) is 12.1 Å². The van der Waals surface area contributed by atoms with Crippen molar-refractivity contribution in [2.24, 2.45) is 0 Å². The summed E-state index contributed by atoms with van der Waals surface area (Å²) in [5.41, 5.74) is 1.29. The van der Waals surface area contributed by atoms with E-state index in [1.807, 2.05) is 22.6 Å². The van der Waals surface area contributed by atoms with Crippen LogP contribution in [-0.2, 0) is 17.8 Å². The fourth-order valence-electron chi connectivity index (χ4n) is 1.84. The second-order valence-electron chi connectivity index (χ2n) is 3.98. The predicted octanol–water partition coefficient (Wildman–Crippen LogP) is 2.31. The third kappa shape index (κ3) is 3.00. The number of halogens is 3. The van der Waals surface area contributed by atoms with Crippen LogP contribution < -0.4 is 5.32 Å². The molecular weight excluding hydrogens is 384 g/mol. The van der Waals surface area contributed by atoms with Crippen LogP contribution in [-0.4, -0.2) is 28.4 Å².